The number of ether oxygens (including phenoxy) is 3. The van der Waals surface area contributed by atoms with Gasteiger partial charge in [0.05, 0.1) is 30.8 Å². The number of nitro benzene ring substituents is 1. The Bertz CT molecular complexity index is 1400. The van der Waals surface area contributed by atoms with Crippen LogP contribution in [0.3, 0.4) is 0 Å². The van der Waals surface area contributed by atoms with Crippen molar-refractivity contribution in [3.8, 4) is 11.5 Å². The van der Waals surface area contributed by atoms with E-state index in [1.165, 1.54) is 12.1 Å². The van der Waals surface area contributed by atoms with Gasteiger partial charge in [0.25, 0.3) is 5.69 Å². The fourth-order valence-corrected chi connectivity index (χ4v) is 5.35. The number of carbonyl (C=O) groups is 2. The summed E-state index contributed by atoms with van der Waals surface area (Å²) in [6.07, 6.45) is 0.954. The van der Waals surface area contributed by atoms with Gasteiger partial charge in [-0.2, -0.15) is 0 Å². The highest BCUT2D eigenvalue weighted by Gasteiger charge is 2.42. The van der Waals surface area contributed by atoms with Crippen LogP contribution in [0.1, 0.15) is 63.0 Å². The van der Waals surface area contributed by atoms with Crippen LogP contribution in [0.5, 0.6) is 11.5 Å². The fourth-order valence-electron chi connectivity index (χ4n) is 5.16. The molecule has 9 nitrogen and oxygen atoms in total. The zero-order chi connectivity index (χ0) is 28.4. The Labute approximate surface area is 231 Å². The molecule has 0 saturated carbocycles. The molecule has 0 saturated heterocycles. The van der Waals surface area contributed by atoms with Crippen LogP contribution in [0, 0.1) is 10.1 Å². The number of ketones is 1. The summed E-state index contributed by atoms with van der Waals surface area (Å²) < 4.78 is 16.5. The van der Waals surface area contributed by atoms with Gasteiger partial charge in [-0.25, -0.2) is 4.79 Å². The molecule has 1 aliphatic heterocycles. The topological polar surface area (TPSA) is 117 Å². The minimum absolute atomic E-state index is 0.0280. The van der Waals surface area contributed by atoms with Crippen LogP contribution < -0.4 is 14.8 Å². The molecule has 4 rings (SSSR count). The molecule has 1 N–H and O–H groups in total. The van der Waals surface area contributed by atoms with Gasteiger partial charge in [-0.1, -0.05) is 30.7 Å². The maximum absolute atomic E-state index is 13.8. The molecule has 0 fully saturated rings. The maximum Gasteiger partial charge on any atom is 0.337 e. The number of allylic oxidation sites excluding steroid dienone is 3. The Morgan fingerprint density at radius 2 is 1.82 bits per heavy atom. The number of hydrogen-bond acceptors (Lipinski definition) is 8. The van der Waals surface area contributed by atoms with Crippen molar-refractivity contribution in [2.75, 3.05) is 14.2 Å². The van der Waals surface area contributed by atoms with Crippen molar-refractivity contribution in [3.63, 3.8) is 0 Å². The van der Waals surface area contributed by atoms with Gasteiger partial charge in [0.15, 0.2) is 17.3 Å². The predicted octanol–water partition coefficient (Wildman–Crippen LogP) is 5.97. The van der Waals surface area contributed by atoms with Gasteiger partial charge in [-0.05, 0) is 61.9 Å². The first-order chi connectivity index (χ1) is 18.6. The summed E-state index contributed by atoms with van der Waals surface area (Å²) in [5, 5.41) is 14.9. The third-order valence-corrected chi connectivity index (χ3v) is 7.63. The Hall–Kier alpha value is -3.85. The average molecular weight is 555 g/mol. The van der Waals surface area contributed by atoms with Crippen molar-refractivity contribution >= 4 is 29.0 Å². The lowest BCUT2D eigenvalue weighted by molar-refractivity contribution is -0.384. The monoisotopic (exact) mass is 554 g/mol. The molecule has 1 aliphatic carbocycles. The Kier molecular flexibility index (Phi) is 8.30. The highest BCUT2D eigenvalue weighted by Crippen LogP contribution is 2.47. The Morgan fingerprint density at radius 3 is 2.46 bits per heavy atom. The Balaban J connectivity index is 1.82. The van der Waals surface area contributed by atoms with Crippen LogP contribution >= 0.6 is 11.6 Å². The summed E-state index contributed by atoms with van der Waals surface area (Å²) in [5.74, 6) is -0.563. The Morgan fingerprint density at radius 1 is 1.13 bits per heavy atom. The second-order valence-corrected chi connectivity index (χ2v) is 10.1. The molecule has 1 heterocycles. The molecule has 206 valence electrons. The smallest absolute Gasteiger partial charge is 0.337 e. The van der Waals surface area contributed by atoms with Gasteiger partial charge in [0.2, 0.25) is 0 Å². The maximum atomic E-state index is 13.8. The molecule has 2 aliphatic rings. The van der Waals surface area contributed by atoms with Gasteiger partial charge in [0, 0.05) is 35.4 Å². The molecular formula is C29H31ClN2O7. The second-order valence-electron chi connectivity index (χ2n) is 9.72. The van der Waals surface area contributed by atoms with E-state index in [4.69, 9.17) is 25.8 Å². The highest BCUT2D eigenvalue weighted by atomic mass is 35.5. The lowest BCUT2D eigenvalue weighted by atomic mass is 9.71. The number of esters is 1. The number of carbonyl (C=O) groups excluding carboxylic acids is 2. The summed E-state index contributed by atoms with van der Waals surface area (Å²) in [6.45, 7) is 5.44. The number of nitrogens with one attached hydrogen (secondary N) is 1. The number of dihydropyridines is 1. The zero-order valence-corrected chi connectivity index (χ0v) is 23.3. The number of rotatable bonds is 8. The van der Waals surface area contributed by atoms with E-state index in [0.29, 0.717) is 46.9 Å². The number of Topliss-reactive ketones (excluding diaryl/α,β-unsaturated/α-hetero) is 1. The van der Waals surface area contributed by atoms with Crippen molar-refractivity contribution < 1.29 is 28.7 Å². The third-order valence-electron chi connectivity index (χ3n) is 7.31. The molecule has 2 aromatic rings. The van der Waals surface area contributed by atoms with Crippen molar-refractivity contribution in [2.45, 2.75) is 58.0 Å². The largest absolute Gasteiger partial charge is 0.493 e. The molecule has 0 spiro atoms. The van der Waals surface area contributed by atoms with Gasteiger partial charge in [0.1, 0.15) is 5.02 Å². The zero-order valence-electron chi connectivity index (χ0n) is 22.5. The summed E-state index contributed by atoms with van der Waals surface area (Å²) in [7, 11) is 3.12. The molecule has 0 aromatic heterocycles. The first-order valence-electron chi connectivity index (χ1n) is 12.7. The molecule has 10 heteroatoms. The van der Waals surface area contributed by atoms with Crippen LogP contribution in [-0.4, -0.2) is 37.0 Å². The van der Waals surface area contributed by atoms with E-state index >= 15 is 0 Å². The van der Waals surface area contributed by atoms with Crippen LogP contribution in [0.4, 0.5) is 5.69 Å². The van der Waals surface area contributed by atoms with Crippen molar-refractivity contribution in [2.24, 2.45) is 0 Å². The summed E-state index contributed by atoms with van der Waals surface area (Å²) >= 11 is 6.09. The molecule has 0 bridgehead atoms. The first kappa shape index (κ1) is 28.2. The number of halogens is 1. The van der Waals surface area contributed by atoms with E-state index in [0.717, 1.165) is 5.56 Å². The summed E-state index contributed by atoms with van der Waals surface area (Å²) in [6, 6.07) is 9.95. The molecular weight excluding hydrogens is 524 g/mol. The first-order valence-corrected chi connectivity index (χ1v) is 13.1. The second kappa shape index (κ2) is 11.5. The molecule has 2 aromatic carbocycles. The van der Waals surface area contributed by atoms with E-state index in [1.54, 1.807) is 40.2 Å². The number of benzene rings is 2. The standard InChI is InChI=1S/C29H31ClN2O7/c1-6-15(2)39-29(34)26-16(3)31-21-11-19(17-8-10-24(37-4)25(14-17)38-5)13-23(33)28(21)27(26)18-7-9-20(30)22(12-18)32(35)36/h7-10,12,14-15,19,27,31H,6,11,13H2,1-5H3. The summed E-state index contributed by atoms with van der Waals surface area (Å²) in [5.41, 5.74) is 2.91. The van der Waals surface area contributed by atoms with E-state index in [1.807, 2.05) is 19.1 Å². The van der Waals surface area contributed by atoms with E-state index < -0.39 is 16.8 Å². The predicted molar refractivity (Wildman–Crippen MR) is 146 cm³/mol. The number of methoxy groups -OCH3 is 2. The van der Waals surface area contributed by atoms with Crippen LogP contribution in [0.25, 0.3) is 0 Å². The minimum Gasteiger partial charge on any atom is -0.493 e. The number of nitro groups is 1. The minimum atomic E-state index is -0.840. The molecule has 0 amide bonds. The van der Waals surface area contributed by atoms with E-state index in [-0.39, 0.29) is 40.5 Å². The highest BCUT2D eigenvalue weighted by molar-refractivity contribution is 6.32. The lowest BCUT2D eigenvalue weighted by Gasteiger charge is -2.37. The van der Waals surface area contributed by atoms with Gasteiger partial charge >= 0.3 is 5.97 Å². The number of hydrogen-bond donors (Lipinski definition) is 1. The third kappa shape index (κ3) is 5.49. The average Bonchev–Trinajstić information content (AvgIpc) is 2.91. The van der Waals surface area contributed by atoms with Gasteiger partial charge in [-0.3, -0.25) is 14.9 Å². The SMILES string of the molecule is CCC(C)OC(=O)C1=C(C)NC2=C(C(=O)CC(c3ccc(OC)c(OC)c3)C2)C1c1ccc(Cl)c([N+](=O)[O-])c1. The van der Waals surface area contributed by atoms with Crippen LogP contribution in [-0.2, 0) is 14.3 Å². The lowest BCUT2D eigenvalue weighted by Crippen LogP contribution is -2.36. The van der Waals surface area contributed by atoms with Gasteiger partial charge < -0.3 is 19.5 Å². The normalized spacial score (nSPS) is 19.7. The van der Waals surface area contributed by atoms with E-state index in [2.05, 4.69) is 5.32 Å². The number of nitrogens with zero attached hydrogens (tertiary/aromatic N) is 1. The van der Waals surface area contributed by atoms with Crippen molar-refractivity contribution in [1.82, 2.24) is 5.32 Å². The molecule has 3 unspecified atom stereocenters. The van der Waals surface area contributed by atoms with E-state index in [9.17, 15) is 19.7 Å². The fraction of sp³-hybridized carbons (Fsp3) is 0.379. The summed E-state index contributed by atoms with van der Waals surface area (Å²) in [4.78, 5) is 38.3. The van der Waals surface area contributed by atoms with Crippen molar-refractivity contribution in [1.29, 1.82) is 0 Å². The van der Waals surface area contributed by atoms with Crippen molar-refractivity contribution in [3.05, 3.63) is 85.2 Å². The van der Waals surface area contributed by atoms with Gasteiger partial charge in [-0.15, -0.1) is 0 Å². The van der Waals surface area contributed by atoms with Crippen LogP contribution in [0.15, 0.2) is 58.9 Å². The molecule has 39 heavy (non-hydrogen) atoms. The van der Waals surface area contributed by atoms with Crippen LogP contribution in [0.2, 0.25) is 5.02 Å². The molecule has 0 radical (unpaired) electrons. The quantitative estimate of drug-likeness (QED) is 0.241. The molecule has 3 atom stereocenters.